The Morgan fingerprint density at radius 1 is 1.21 bits per heavy atom. The summed E-state index contributed by atoms with van der Waals surface area (Å²) in [7, 11) is 1.48. The third-order valence-electron chi connectivity index (χ3n) is 3.90. The SMILES string of the molecule is COc1cc2sc(C(=O)[C@@H]3C[C@@H]3C(=O)OC(C)(C)C)cc2cc1O. The minimum atomic E-state index is -0.543. The zero-order valence-electron chi connectivity index (χ0n) is 14.1. The first-order valence-corrected chi connectivity index (χ1v) is 8.59. The van der Waals surface area contributed by atoms with Crippen LogP contribution in [-0.2, 0) is 9.53 Å². The van der Waals surface area contributed by atoms with Crippen molar-refractivity contribution in [3.05, 3.63) is 23.1 Å². The number of carbonyl (C=O) groups excluding carboxylic acids is 2. The number of ketones is 1. The van der Waals surface area contributed by atoms with Gasteiger partial charge in [-0.15, -0.1) is 11.3 Å². The van der Waals surface area contributed by atoms with Crippen LogP contribution in [0.15, 0.2) is 18.2 Å². The fourth-order valence-electron chi connectivity index (χ4n) is 2.65. The molecule has 0 bridgehead atoms. The maximum absolute atomic E-state index is 12.6. The van der Waals surface area contributed by atoms with E-state index in [0.717, 1.165) is 10.1 Å². The van der Waals surface area contributed by atoms with Gasteiger partial charge < -0.3 is 14.6 Å². The summed E-state index contributed by atoms with van der Waals surface area (Å²) in [5.41, 5.74) is -0.543. The van der Waals surface area contributed by atoms with E-state index >= 15 is 0 Å². The van der Waals surface area contributed by atoms with Gasteiger partial charge in [0.2, 0.25) is 0 Å². The van der Waals surface area contributed by atoms with Gasteiger partial charge in [-0.1, -0.05) is 0 Å². The van der Waals surface area contributed by atoms with Crippen molar-refractivity contribution >= 4 is 33.2 Å². The van der Waals surface area contributed by atoms with Crippen LogP contribution in [0.4, 0.5) is 0 Å². The van der Waals surface area contributed by atoms with Gasteiger partial charge in [0.15, 0.2) is 17.3 Å². The van der Waals surface area contributed by atoms with E-state index in [9.17, 15) is 14.7 Å². The van der Waals surface area contributed by atoms with E-state index in [4.69, 9.17) is 9.47 Å². The lowest BCUT2D eigenvalue weighted by molar-refractivity contribution is -0.156. The largest absolute Gasteiger partial charge is 0.504 e. The highest BCUT2D eigenvalue weighted by Gasteiger charge is 2.50. The smallest absolute Gasteiger partial charge is 0.310 e. The molecule has 5 nitrogen and oxygen atoms in total. The van der Waals surface area contributed by atoms with Crippen molar-refractivity contribution in [2.24, 2.45) is 11.8 Å². The van der Waals surface area contributed by atoms with Gasteiger partial charge in [-0.25, -0.2) is 0 Å². The molecular formula is C18H20O5S. The molecule has 1 fully saturated rings. The summed E-state index contributed by atoms with van der Waals surface area (Å²) < 4.78 is 11.3. The Bertz CT molecular complexity index is 815. The molecule has 0 amide bonds. The number of methoxy groups -OCH3 is 1. The number of hydrogen-bond acceptors (Lipinski definition) is 6. The van der Waals surface area contributed by atoms with E-state index in [-0.39, 0.29) is 29.3 Å². The number of phenols is 1. The van der Waals surface area contributed by atoms with Crippen molar-refractivity contribution < 1.29 is 24.2 Å². The second kappa shape index (κ2) is 5.77. The topological polar surface area (TPSA) is 72.8 Å². The molecule has 1 aromatic heterocycles. The number of ether oxygens (including phenoxy) is 2. The third-order valence-corrected chi connectivity index (χ3v) is 5.01. The van der Waals surface area contributed by atoms with Crippen LogP contribution >= 0.6 is 11.3 Å². The van der Waals surface area contributed by atoms with Gasteiger partial charge in [0, 0.05) is 16.7 Å². The molecule has 1 aromatic carbocycles. The Balaban J connectivity index is 1.77. The number of carbonyl (C=O) groups is 2. The molecule has 1 saturated carbocycles. The van der Waals surface area contributed by atoms with Gasteiger partial charge in [-0.3, -0.25) is 9.59 Å². The maximum atomic E-state index is 12.6. The van der Waals surface area contributed by atoms with Crippen LogP contribution in [0.5, 0.6) is 11.5 Å². The van der Waals surface area contributed by atoms with Crippen molar-refractivity contribution in [1.82, 2.24) is 0 Å². The molecule has 0 spiro atoms. The molecule has 0 radical (unpaired) electrons. The molecule has 1 aliphatic rings. The minimum absolute atomic E-state index is 0.0366. The van der Waals surface area contributed by atoms with Crippen LogP contribution in [0, 0.1) is 11.8 Å². The molecule has 2 atom stereocenters. The maximum Gasteiger partial charge on any atom is 0.310 e. The lowest BCUT2D eigenvalue weighted by Gasteiger charge is -2.19. The minimum Gasteiger partial charge on any atom is -0.504 e. The highest BCUT2D eigenvalue weighted by atomic mass is 32.1. The molecular weight excluding hydrogens is 328 g/mol. The van der Waals surface area contributed by atoms with Crippen LogP contribution in [0.25, 0.3) is 10.1 Å². The molecule has 24 heavy (non-hydrogen) atoms. The second-order valence-electron chi connectivity index (χ2n) is 7.02. The van der Waals surface area contributed by atoms with Gasteiger partial charge in [0.1, 0.15) is 5.60 Å². The quantitative estimate of drug-likeness (QED) is 0.672. The Morgan fingerprint density at radius 3 is 2.54 bits per heavy atom. The van der Waals surface area contributed by atoms with Crippen molar-refractivity contribution in [3.8, 4) is 11.5 Å². The summed E-state index contributed by atoms with van der Waals surface area (Å²) in [6, 6.07) is 5.05. The first kappa shape index (κ1) is 16.8. The van der Waals surface area contributed by atoms with Crippen LogP contribution in [-0.4, -0.2) is 29.6 Å². The number of benzene rings is 1. The highest BCUT2D eigenvalue weighted by molar-refractivity contribution is 7.20. The molecule has 1 N–H and O–H groups in total. The van der Waals surface area contributed by atoms with Gasteiger partial charge in [-0.05, 0) is 44.7 Å². The van der Waals surface area contributed by atoms with Gasteiger partial charge in [0.25, 0.3) is 0 Å². The number of thiophene rings is 1. The van der Waals surface area contributed by atoms with Crippen molar-refractivity contribution in [1.29, 1.82) is 0 Å². The summed E-state index contributed by atoms with van der Waals surface area (Å²) in [4.78, 5) is 25.2. The molecule has 0 aliphatic heterocycles. The third kappa shape index (κ3) is 3.24. The fourth-order valence-corrected chi connectivity index (χ4v) is 3.72. The summed E-state index contributed by atoms with van der Waals surface area (Å²) in [5.74, 6) is -0.568. The Kier molecular flexibility index (Phi) is 4.03. The summed E-state index contributed by atoms with van der Waals surface area (Å²) >= 11 is 1.35. The standard InChI is InChI=1S/C18H20O5S/c1-18(2,3)23-17(21)11-7-10(11)16(20)15-6-9-5-12(19)13(22-4)8-14(9)24-15/h5-6,8,10-11,19H,7H2,1-4H3/t10-,11+/m1/s1. The molecule has 0 saturated heterocycles. The number of rotatable bonds is 4. The van der Waals surface area contributed by atoms with E-state index in [1.807, 2.05) is 20.8 Å². The van der Waals surface area contributed by atoms with Gasteiger partial charge in [0.05, 0.1) is 17.9 Å². The number of Topliss-reactive ketones (excluding diaryl/α,β-unsaturated/α-hetero) is 1. The molecule has 0 unspecified atom stereocenters. The Hall–Kier alpha value is -2.08. The predicted octanol–water partition coefficient (Wildman–Crippen LogP) is 3.78. The lowest BCUT2D eigenvalue weighted by Crippen LogP contribution is -2.25. The Labute approximate surface area is 144 Å². The molecule has 128 valence electrons. The fraction of sp³-hybridized carbons (Fsp3) is 0.444. The average molecular weight is 348 g/mol. The molecule has 1 heterocycles. The molecule has 6 heteroatoms. The number of phenolic OH excluding ortho intramolecular Hbond substituents is 1. The first-order valence-electron chi connectivity index (χ1n) is 7.77. The number of fused-ring (bicyclic) bond motifs is 1. The van der Waals surface area contributed by atoms with E-state index in [1.165, 1.54) is 18.4 Å². The highest BCUT2D eigenvalue weighted by Crippen LogP contribution is 2.45. The van der Waals surface area contributed by atoms with E-state index in [0.29, 0.717) is 17.0 Å². The van der Waals surface area contributed by atoms with Crippen molar-refractivity contribution in [2.45, 2.75) is 32.8 Å². The van der Waals surface area contributed by atoms with E-state index < -0.39 is 5.60 Å². The van der Waals surface area contributed by atoms with Crippen LogP contribution in [0.3, 0.4) is 0 Å². The molecule has 2 aromatic rings. The number of aromatic hydroxyl groups is 1. The lowest BCUT2D eigenvalue weighted by atomic mass is 10.1. The first-order chi connectivity index (χ1) is 11.2. The van der Waals surface area contributed by atoms with Gasteiger partial charge >= 0.3 is 5.97 Å². The Morgan fingerprint density at radius 2 is 1.92 bits per heavy atom. The molecule has 1 aliphatic carbocycles. The summed E-state index contributed by atoms with van der Waals surface area (Å²) in [5, 5.41) is 10.6. The normalized spacial score (nSPS) is 20.0. The predicted molar refractivity (Wildman–Crippen MR) is 91.8 cm³/mol. The average Bonchev–Trinajstić information content (AvgIpc) is 3.18. The second-order valence-corrected chi connectivity index (χ2v) is 8.10. The monoisotopic (exact) mass is 348 g/mol. The zero-order chi connectivity index (χ0) is 17.6. The van der Waals surface area contributed by atoms with Crippen LogP contribution in [0.1, 0.15) is 36.9 Å². The van der Waals surface area contributed by atoms with Crippen LogP contribution in [0.2, 0.25) is 0 Å². The van der Waals surface area contributed by atoms with E-state index in [2.05, 4.69) is 0 Å². The van der Waals surface area contributed by atoms with Crippen LogP contribution < -0.4 is 4.74 Å². The van der Waals surface area contributed by atoms with Crippen molar-refractivity contribution in [3.63, 3.8) is 0 Å². The van der Waals surface area contributed by atoms with Crippen molar-refractivity contribution in [2.75, 3.05) is 7.11 Å². The number of esters is 1. The zero-order valence-corrected chi connectivity index (χ0v) is 14.9. The summed E-state index contributed by atoms with van der Waals surface area (Å²) in [6.07, 6.45) is 0.538. The number of hydrogen-bond donors (Lipinski definition) is 1. The molecule has 3 rings (SSSR count). The summed E-state index contributed by atoms with van der Waals surface area (Å²) in [6.45, 7) is 5.45. The van der Waals surface area contributed by atoms with E-state index in [1.54, 1.807) is 18.2 Å². The van der Waals surface area contributed by atoms with Gasteiger partial charge in [-0.2, -0.15) is 0 Å².